The molecule has 1 aromatic carbocycles. The average molecular weight is 352 g/mol. The zero-order chi connectivity index (χ0) is 15.1. The summed E-state index contributed by atoms with van der Waals surface area (Å²) in [5, 5.41) is 3.94. The fourth-order valence-corrected chi connectivity index (χ4v) is 2.48. The summed E-state index contributed by atoms with van der Waals surface area (Å²) in [5.41, 5.74) is 5.27. The van der Waals surface area contributed by atoms with Crippen LogP contribution in [0.25, 0.3) is 0 Å². The van der Waals surface area contributed by atoms with Crippen LogP contribution in [0.15, 0.2) is 28.9 Å². The number of nitrogens with zero attached hydrogens (tertiary/aromatic N) is 2. The van der Waals surface area contributed by atoms with Gasteiger partial charge in [-0.1, -0.05) is 6.07 Å². The molecular weight excluding hydrogens is 342 g/mol. The predicted octanol–water partition coefficient (Wildman–Crippen LogP) is 3.39. The highest BCUT2D eigenvalue weighted by atomic mass is 79.9. The van der Waals surface area contributed by atoms with Gasteiger partial charge in [0.1, 0.15) is 5.82 Å². The Labute approximate surface area is 120 Å². The first-order chi connectivity index (χ1) is 9.21. The monoisotopic (exact) mass is 351 g/mol. The van der Waals surface area contributed by atoms with Gasteiger partial charge in [-0.3, -0.25) is 4.68 Å². The van der Waals surface area contributed by atoms with Crippen LogP contribution in [0.3, 0.4) is 0 Å². The molecule has 2 N–H and O–H groups in total. The molecule has 0 radical (unpaired) electrons. The Morgan fingerprint density at radius 3 is 2.50 bits per heavy atom. The van der Waals surface area contributed by atoms with Crippen LogP contribution < -0.4 is 5.73 Å². The Morgan fingerprint density at radius 1 is 1.35 bits per heavy atom. The summed E-state index contributed by atoms with van der Waals surface area (Å²) in [6, 6.07) is 1.87. The molecule has 108 valence electrons. The van der Waals surface area contributed by atoms with E-state index in [4.69, 9.17) is 5.73 Å². The van der Waals surface area contributed by atoms with Crippen LogP contribution in [-0.4, -0.2) is 9.78 Å². The number of aromatic nitrogens is 2. The van der Waals surface area contributed by atoms with Crippen LogP contribution in [0.1, 0.15) is 22.9 Å². The van der Waals surface area contributed by atoms with Crippen molar-refractivity contribution in [3.05, 3.63) is 51.5 Å². The molecule has 0 fully saturated rings. The average Bonchev–Trinajstić information content (AvgIpc) is 2.67. The first-order valence-electron chi connectivity index (χ1n) is 5.51. The number of halogens is 5. The Hall–Kier alpha value is -1.41. The van der Waals surface area contributed by atoms with Crippen molar-refractivity contribution >= 4 is 15.9 Å². The van der Waals surface area contributed by atoms with Crippen LogP contribution in [-0.2, 0) is 13.2 Å². The predicted molar refractivity (Wildman–Crippen MR) is 68.3 cm³/mol. The number of benzene rings is 1. The third-order valence-corrected chi connectivity index (χ3v) is 3.50. The zero-order valence-electron chi connectivity index (χ0n) is 10.2. The van der Waals surface area contributed by atoms with Crippen LogP contribution in [0, 0.1) is 5.82 Å². The van der Waals surface area contributed by atoms with E-state index in [0.29, 0.717) is 10.2 Å². The summed E-state index contributed by atoms with van der Waals surface area (Å²) in [4.78, 5) is 0. The molecule has 0 saturated carbocycles. The van der Waals surface area contributed by atoms with Gasteiger partial charge in [0.15, 0.2) is 0 Å². The maximum Gasteiger partial charge on any atom is 0.419 e. The third kappa shape index (κ3) is 2.71. The van der Waals surface area contributed by atoms with Gasteiger partial charge in [0.25, 0.3) is 0 Å². The lowest BCUT2D eigenvalue weighted by Crippen LogP contribution is -2.18. The second-order valence-corrected chi connectivity index (χ2v) is 5.07. The number of aryl methyl sites for hydroxylation is 1. The molecule has 2 rings (SSSR count). The van der Waals surface area contributed by atoms with E-state index < -0.39 is 23.6 Å². The van der Waals surface area contributed by atoms with E-state index in [2.05, 4.69) is 21.0 Å². The summed E-state index contributed by atoms with van der Waals surface area (Å²) in [6.45, 7) is 0. The molecule has 0 amide bonds. The molecule has 8 heteroatoms. The molecule has 20 heavy (non-hydrogen) atoms. The van der Waals surface area contributed by atoms with E-state index in [1.165, 1.54) is 16.9 Å². The molecule has 0 bridgehead atoms. The van der Waals surface area contributed by atoms with E-state index >= 15 is 0 Å². The smallest absolute Gasteiger partial charge is 0.319 e. The quantitative estimate of drug-likeness (QED) is 0.843. The summed E-state index contributed by atoms with van der Waals surface area (Å²) in [6.07, 6.45) is -3.27. The van der Waals surface area contributed by atoms with Crippen molar-refractivity contribution in [1.29, 1.82) is 0 Å². The van der Waals surface area contributed by atoms with Crippen molar-refractivity contribution in [2.75, 3.05) is 0 Å². The van der Waals surface area contributed by atoms with Crippen molar-refractivity contribution < 1.29 is 17.6 Å². The maximum atomic E-state index is 13.2. The molecule has 0 aliphatic rings. The number of nitrogens with two attached hydrogens (primary N) is 1. The minimum atomic E-state index is -4.76. The Balaban J connectivity index is 2.49. The molecule has 1 heterocycles. The zero-order valence-corrected chi connectivity index (χ0v) is 11.8. The minimum Gasteiger partial charge on any atom is -0.319 e. The fourth-order valence-electron chi connectivity index (χ4n) is 1.88. The molecule has 1 atom stereocenters. The Morgan fingerprint density at radius 2 is 2.00 bits per heavy atom. The Bertz CT molecular complexity index is 617. The van der Waals surface area contributed by atoms with Gasteiger partial charge in [0.05, 0.1) is 28.0 Å². The molecular formula is C12H10BrF4N3. The van der Waals surface area contributed by atoms with E-state index in [9.17, 15) is 17.6 Å². The lowest BCUT2D eigenvalue weighted by molar-refractivity contribution is -0.140. The van der Waals surface area contributed by atoms with Crippen molar-refractivity contribution in [2.24, 2.45) is 12.8 Å². The van der Waals surface area contributed by atoms with Gasteiger partial charge >= 0.3 is 6.18 Å². The van der Waals surface area contributed by atoms with E-state index in [1.54, 1.807) is 7.05 Å². The lowest BCUT2D eigenvalue weighted by atomic mass is 10.0. The molecule has 0 saturated heterocycles. The molecule has 0 spiro atoms. The van der Waals surface area contributed by atoms with Gasteiger partial charge in [-0.05, 0) is 33.6 Å². The van der Waals surface area contributed by atoms with Crippen molar-refractivity contribution in [3.63, 3.8) is 0 Å². The number of hydrogen-bond acceptors (Lipinski definition) is 2. The summed E-state index contributed by atoms with van der Waals surface area (Å²) in [5.74, 6) is -1.32. The topological polar surface area (TPSA) is 43.8 Å². The van der Waals surface area contributed by atoms with Crippen LogP contribution >= 0.6 is 15.9 Å². The second kappa shape index (κ2) is 5.17. The molecule has 2 aromatic rings. The number of hydrogen-bond donors (Lipinski definition) is 1. The molecule has 0 aliphatic carbocycles. The van der Waals surface area contributed by atoms with Gasteiger partial charge in [-0.15, -0.1) is 0 Å². The van der Waals surface area contributed by atoms with Gasteiger partial charge < -0.3 is 5.73 Å². The molecule has 1 aromatic heterocycles. The SMILES string of the molecule is Cn1ncc(Br)c1C(N)c1ccc(F)c(C(F)(F)F)c1. The number of rotatable bonds is 2. The summed E-state index contributed by atoms with van der Waals surface area (Å²) in [7, 11) is 1.62. The van der Waals surface area contributed by atoms with E-state index in [-0.39, 0.29) is 5.56 Å². The normalized spacial score (nSPS) is 13.6. The highest BCUT2D eigenvalue weighted by Gasteiger charge is 2.34. The van der Waals surface area contributed by atoms with Gasteiger partial charge in [-0.2, -0.15) is 18.3 Å². The van der Waals surface area contributed by atoms with Gasteiger partial charge in [-0.25, -0.2) is 4.39 Å². The van der Waals surface area contributed by atoms with Crippen LogP contribution in [0.5, 0.6) is 0 Å². The highest BCUT2D eigenvalue weighted by molar-refractivity contribution is 9.10. The van der Waals surface area contributed by atoms with Crippen molar-refractivity contribution in [3.8, 4) is 0 Å². The molecule has 3 nitrogen and oxygen atoms in total. The van der Waals surface area contributed by atoms with Gasteiger partial charge in [0.2, 0.25) is 0 Å². The Kier molecular flexibility index (Phi) is 3.88. The largest absolute Gasteiger partial charge is 0.419 e. The molecule has 1 unspecified atom stereocenters. The van der Waals surface area contributed by atoms with Crippen molar-refractivity contribution in [2.45, 2.75) is 12.2 Å². The van der Waals surface area contributed by atoms with Crippen LogP contribution in [0.4, 0.5) is 17.6 Å². The standard InChI is InChI=1S/C12H10BrF4N3/c1-20-11(8(13)5-19-20)10(18)6-2-3-9(14)7(4-6)12(15,16)17/h2-5,10H,18H2,1H3. The highest BCUT2D eigenvalue weighted by Crippen LogP contribution is 2.34. The number of alkyl halides is 3. The maximum absolute atomic E-state index is 13.2. The lowest BCUT2D eigenvalue weighted by Gasteiger charge is -2.16. The van der Waals surface area contributed by atoms with Crippen LogP contribution in [0.2, 0.25) is 0 Å². The van der Waals surface area contributed by atoms with E-state index in [0.717, 1.165) is 12.1 Å². The van der Waals surface area contributed by atoms with Crippen molar-refractivity contribution in [1.82, 2.24) is 9.78 Å². The minimum absolute atomic E-state index is 0.156. The summed E-state index contributed by atoms with van der Waals surface area (Å²) >= 11 is 3.23. The van der Waals surface area contributed by atoms with Gasteiger partial charge in [0, 0.05) is 7.05 Å². The van der Waals surface area contributed by atoms with E-state index in [1.807, 2.05) is 0 Å². The fraction of sp³-hybridized carbons (Fsp3) is 0.250. The first kappa shape index (κ1) is 15.0. The molecule has 0 aliphatic heterocycles. The third-order valence-electron chi connectivity index (χ3n) is 2.89. The second-order valence-electron chi connectivity index (χ2n) is 4.22. The summed E-state index contributed by atoms with van der Waals surface area (Å²) < 4.78 is 53.3. The first-order valence-corrected chi connectivity index (χ1v) is 6.30.